The van der Waals surface area contributed by atoms with Crippen molar-refractivity contribution in [2.75, 3.05) is 7.05 Å². The fourth-order valence-electron chi connectivity index (χ4n) is 1.80. The summed E-state index contributed by atoms with van der Waals surface area (Å²) in [6, 6.07) is 9.85. The molecule has 1 heterocycles. The van der Waals surface area contributed by atoms with E-state index in [1.54, 1.807) is 6.07 Å². The van der Waals surface area contributed by atoms with Crippen LogP contribution in [0.4, 0.5) is 0 Å². The van der Waals surface area contributed by atoms with Gasteiger partial charge in [-0.25, -0.2) is 0 Å². The lowest BCUT2D eigenvalue weighted by Gasteiger charge is -2.11. The molecule has 2 rings (SSSR count). The Morgan fingerprint density at radius 1 is 1.18 bits per heavy atom. The van der Waals surface area contributed by atoms with Crippen LogP contribution in [-0.4, -0.2) is 11.6 Å². The van der Waals surface area contributed by atoms with E-state index in [0.717, 1.165) is 18.7 Å². The average Bonchev–Trinajstić information content (AvgIpc) is 2.73. The van der Waals surface area contributed by atoms with E-state index in [2.05, 4.69) is 16.0 Å². The molecule has 0 radical (unpaired) electrons. The van der Waals surface area contributed by atoms with Gasteiger partial charge < -0.3 is 9.88 Å². The van der Waals surface area contributed by atoms with Crippen LogP contribution in [-0.2, 0) is 13.1 Å². The van der Waals surface area contributed by atoms with Crippen molar-refractivity contribution >= 4 is 23.2 Å². The van der Waals surface area contributed by atoms with Crippen LogP contribution < -0.4 is 5.32 Å². The topological polar surface area (TPSA) is 17.0 Å². The first kappa shape index (κ1) is 12.5. The summed E-state index contributed by atoms with van der Waals surface area (Å²) in [6.45, 7) is 1.58. The summed E-state index contributed by atoms with van der Waals surface area (Å²) in [5.74, 6) is 0. The van der Waals surface area contributed by atoms with E-state index in [1.165, 1.54) is 5.69 Å². The molecule has 17 heavy (non-hydrogen) atoms. The van der Waals surface area contributed by atoms with E-state index in [4.69, 9.17) is 23.2 Å². The number of aromatic nitrogens is 1. The van der Waals surface area contributed by atoms with Crippen molar-refractivity contribution in [3.8, 4) is 0 Å². The molecule has 2 nitrogen and oxygen atoms in total. The predicted octanol–water partition coefficient (Wildman–Crippen LogP) is 3.56. The largest absolute Gasteiger partial charge is 0.346 e. The van der Waals surface area contributed by atoms with E-state index < -0.39 is 0 Å². The summed E-state index contributed by atoms with van der Waals surface area (Å²) in [4.78, 5) is 0. The van der Waals surface area contributed by atoms with Crippen molar-refractivity contribution in [1.82, 2.24) is 9.88 Å². The summed E-state index contributed by atoms with van der Waals surface area (Å²) in [7, 11) is 1.93. The second kappa shape index (κ2) is 5.58. The van der Waals surface area contributed by atoms with Crippen molar-refractivity contribution in [2.24, 2.45) is 0 Å². The minimum absolute atomic E-state index is 0.603. The third-order valence-corrected chi connectivity index (χ3v) is 3.51. The van der Waals surface area contributed by atoms with Crippen molar-refractivity contribution < 1.29 is 0 Å². The molecule has 0 bridgehead atoms. The van der Waals surface area contributed by atoms with E-state index in [1.807, 2.05) is 31.4 Å². The quantitative estimate of drug-likeness (QED) is 0.898. The van der Waals surface area contributed by atoms with Gasteiger partial charge in [-0.05, 0) is 30.8 Å². The van der Waals surface area contributed by atoms with E-state index in [9.17, 15) is 0 Å². The molecule has 1 N–H and O–H groups in total. The van der Waals surface area contributed by atoms with Gasteiger partial charge in [0.1, 0.15) is 0 Å². The van der Waals surface area contributed by atoms with Crippen LogP contribution >= 0.6 is 23.2 Å². The molecule has 0 saturated carbocycles. The van der Waals surface area contributed by atoms with Crippen molar-refractivity contribution in [1.29, 1.82) is 0 Å². The Bertz CT molecular complexity index is 506. The monoisotopic (exact) mass is 268 g/mol. The van der Waals surface area contributed by atoms with Gasteiger partial charge in [-0.15, -0.1) is 0 Å². The highest BCUT2D eigenvalue weighted by Gasteiger charge is 2.06. The van der Waals surface area contributed by atoms with Crippen LogP contribution in [0.5, 0.6) is 0 Å². The lowest BCUT2D eigenvalue weighted by molar-refractivity contribution is 0.694. The zero-order chi connectivity index (χ0) is 12.3. The first-order valence-corrected chi connectivity index (χ1v) is 6.19. The Labute approximate surface area is 111 Å². The summed E-state index contributed by atoms with van der Waals surface area (Å²) < 4.78 is 2.16. The minimum atomic E-state index is 0.603. The number of hydrogen-bond acceptors (Lipinski definition) is 1. The smallest absolute Gasteiger partial charge is 0.0642 e. The number of nitrogens with one attached hydrogen (secondary N) is 1. The van der Waals surface area contributed by atoms with Crippen LogP contribution in [0.1, 0.15) is 11.3 Å². The summed E-state index contributed by atoms with van der Waals surface area (Å²) in [6.07, 6.45) is 2.05. The molecule has 90 valence electrons. The van der Waals surface area contributed by atoms with Crippen LogP contribution in [0.15, 0.2) is 36.5 Å². The molecule has 0 unspecified atom stereocenters. The fraction of sp³-hybridized carbons (Fsp3) is 0.231. The maximum atomic E-state index is 6.18. The summed E-state index contributed by atoms with van der Waals surface area (Å²) >= 11 is 12.2. The highest BCUT2D eigenvalue weighted by atomic mass is 35.5. The third-order valence-electron chi connectivity index (χ3n) is 2.65. The normalized spacial score (nSPS) is 10.8. The molecular formula is C13H14Cl2N2. The highest BCUT2D eigenvalue weighted by molar-refractivity contribution is 6.42. The first-order chi connectivity index (χ1) is 8.22. The third kappa shape index (κ3) is 2.83. The lowest BCUT2D eigenvalue weighted by atomic mass is 10.2. The number of halogens is 2. The Morgan fingerprint density at radius 2 is 2.00 bits per heavy atom. The van der Waals surface area contributed by atoms with Crippen LogP contribution in [0.2, 0.25) is 10.0 Å². The van der Waals surface area contributed by atoms with Crippen LogP contribution in [0.3, 0.4) is 0 Å². The van der Waals surface area contributed by atoms with E-state index in [-0.39, 0.29) is 0 Å². The zero-order valence-corrected chi connectivity index (χ0v) is 11.1. The average molecular weight is 269 g/mol. The first-order valence-electron chi connectivity index (χ1n) is 5.44. The van der Waals surface area contributed by atoms with Gasteiger partial charge in [0.05, 0.1) is 10.0 Å². The summed E-state index contributed by atoms with van der Waals surface area (Å²) in [5, 5.41) is 4.38. The van der Waals surface area contributed by atoms with Gasteiger partial charge in [0, 0.05) is 25.0 Å². The number of rotatable bonds is 4. The molecule has 2 aromatic rings. The van der Waals surface area contributed by atoms with E-state index >= 15 is 0 Å². The van der Waals surface area contributed by atoms with Gasteiger partial charge in [0.2, 0.25) is 0 Å². The molecule has 0 fully saturated rings. The Hall–Kier alpha value is -0.960. The standard InChI is InChI=1S/C13H14Cl2N2/c1-16-8-11-5-3-7-17(11)9-10-4-2-6-12(14)13(10)15/h2-7,16H,8-9H2,1H3. The maximum Gasteiger partial charge on any atom is 0.0642 e. The molecule has 0 atom stereocenters. The lowest BCUT2D eigenvalue weighted by Crippen LogP contribution is -2.11. The predicted molar refractivity (Wildman–Crippen MR) is 72.8 cm³/mol. The molecule has 0 spiro atoms. The van der Waals surface area contributed by atoms with Gasteiger partial charge in [-0.3, -0.25) is 0 Å². The second-order valence-electron chi connectivity index (χ2n) is 3.87. The molecular weight excluding hydrogens is 255 g/mol. The van der Waals surface area contributed by atoms with Crippen LogP contribution in [0.25, 0.3) is 0 Å². The molecule has 0 amide bonds. The van der Waals surface area contributed by atoms with Gasteiger partial charge >= 0.3 is 0 Å². The Balaban J connectivity index is 2.25. The maximum absolute atomic E-state index is 6.18. The molecule has 0 saturated heterocycles. The number of benzene rings is 1. The molecule has 1 aromatic carbocycles. The zero-order valence-electron chi connectivity index (χ0n) is 9.58. The molecule has 0 aliphatic rings. The fourth-order valence-corrected chi connectivity index (χ4v) is 2.18. The second-order valence-corrected chi connectivity index (χ2v) is 4.66. The Morgan fingerprint density at radius 3 is 2.76 bits per heavy atom. The van der Waals surface area contributed by atoms with Crippen LogP contribution in [0, 0.1) is 0 Å². The van der Waals surface area contributed by atoms with Gasteiger partial charge in [0.15, 0.2) is 0 Å². The molecule has 0 aliphatic carbocycles. The summed E-state index contributed by atoms with van der Waals surface area (Å²) in [5.41, 5.74) is 2.26. The molecule has 4 heteroatoms. The van der Waals surface area contributed by atoms with Gasteiger partial charge in [-0.1, -0.05) is 35.3 Å². The highest BCUT2D eigenvalue weighted by Crippen LogP contribution is 2.26. The molecule has 0 aliphatic heterocycles. The molecule has 1 aromatic heterocycles. The SMILES string of the molecule is CNCc1cccn1Cc1cccc(Cl)c1Cl. The minimum Gasteiger partial charge on any atom is -0.346 e. The number of hydrogen-bond donors (Lipinski definition) is 1. The Kier molecular flexibility index (Phi) is 4.11. The van der Waals surface area contributed by atoms with Crippen molar-refractivity contribution in [3.63, 3.8) is 0 Å². The van der Waals surface area contributed by atoms with Crippen molar-refractivity contribution in [2.45, 2.75) is 13.1 Å². The van der Waals surface area contributed by atoms with Crippen molar-refractivity contribution in [3.05, 3.63) is 57.8 Å². The van der Waals surface area contributed by atoms with E-state index in [0.29, 0.717) is 10.0 Å². The van der Waals surface area contributed by atoms with Gasteiger partial charge in [-0.2, -0.15) is 0 Å². The number of nitrogens with zero attached hydrogens (tertiary/aromatic N) is 1. The van der Waals surface area contributed by atoms with Gasteiger partial charge in [0.25, 0.3) is 0 Å².